The molecule has 0 saturated carbocycles. The van der Waals surface area contributed by atoms with E-state index in [1.165, 1.54) is 32.0 Å². The van der Waals surface area contributed by atoms with Crippen LogP contribution in [0.15, 0.2) is 29.4 Å². The molecule has 0 amide bonds. The Labute approximate surface area is 149 Å². The molecule has 2 aromatic rings. The van der Waals surface area contributed by atoms with E-state index in [0.717, 1.165) is 29.6 Å². The number of pyridine rings is 1. The highest BCUT2D eigenvalue weighted by atomic mass is 35.5. The minimum absolute atomic E-state index is 0.100. The molecular weight excluding hydrogens is 343 g/mol. The van der Waals surface area contributed by atoms with Crippen molar-refractivity contribution in [2.45, 2.75) is 24.9 Å². The van der Waals surface area contributed by atoms with Crippen LogP contribution in [0.25, 0.3) is 10.8 Å². The number of nitrogens with zero attached hydrogens (tertiary/aromatic N) is 3. The normalized spacial score (nSPS) is 32.6. The molecule has 1 N–H and O–H groups in total. The Hall–Kier alpha value is -1.76. The predicted molar refractivity (Wildman–Crippen MR) is 94.5 cm³/mol. The topological polar surface area (TPSA) is 49.8 Å². The number of fused-ring (bicyclic) bond motifs is 3. The third-order valence-corrected chi connectivity index (χ3v) is 5.95. The monoisotopic (exact) mass is 360 g/mol. The first-order chi connectivity index (χ1) is 12.1. The van der Waals surface area contributed by atoms with Crippen molar-refractivity contribution in [1.82, 2.24) is 15.4 Å². The maximum Gasteiger partial charge on any atom is 0.154 e. The van der Waals surface area contributed by atoms with Gasteiger partial charge in [-0.25, -0.2) is 14.4 Å². The number of piperidine rings is 3. The summed E-state index contributed by atoms with van der Waals surface area (Å²) in [6.45, 7) is 3.30. The van der Waals surface area contributed by atoms with Crippen LogP contribution in [0.1, 0.15) is 19.3 Å². The molecule has 0 radical (unpaired) electrons. The van der Waals surface area contributed by atoms with Gasteiger partial charge in [0.05, 0.1) is 5.02 Å². The number of nitrogens with one attached hydrogen (secondary N) is 1. The van der Waals surface area contributed by atoms with E-state index in [-0.39, 0.29) is 10.6 Å². The Morgan fingerprint density at radius 1 is 1.28 bits per heavy atom. The van der Waals surface area contributed by atoms with Crippen LogP contribution in [-0.4, -0.2) is 41.0 Å². The average Bonchev–Trinajstić information content (AvgIpc) is 2.99. The molecule has 0 aliphatic carbocycles. The first kappa shape index (κ1) is 15.5. The summed E-state index contributed by atoms with van der Waals surface area (Å²) in [5.41, 5.74) is 2.85. The molecule has 130 valence electrons. The van der Waals surface area contributed by atoms with Crippen molar-refractivity contribution in [2.24, 2.45) is 10.9 Å². The Balaban J connectivity index is 1.43. The summed E-state index contributed by atoms with van der Waals surface area (Å²) < 4.78 is 13.7. The second-order valence-corrected chi connectivity index (χ2v) is 7.62. The SMILES string of the molecule is Fc1cc2cc(/N=C3/C[C@@]4(CN5CCC4CC5)ON3)ncc2cc1Cl. The summed E-state index contributed by atoms with van der Waals surface area (Å²) in [7, 11) is 0. The fraction of sp³-hybridized carbons (Fsp3) is 0.444. The quantitative estimate of drug-likeness (QED) is 0.846. The largest absolute Gasteiger partial charge is 0.300 e. The Morgan fingerprint density at radius 3 is 2.88 bits per heavy atom. The standard InChI is InChI=1S/C18H18ClFN4O/c19-14-5-12-9-21-16(7-11(12)6-15(14)20)22-17-8-18(25-23-17)10-24-3-1-13(18)2-4-24/h5-7,9,13H,1-4,8,10H2,(H,21,22,23)/t18-/m0/s1. The molecule has 7 heteroatoms. The van der Waals surface area contributed by atoms with Crippen LogP contribution in [0.3, 0.4) is 0 Å². The molecule has 5 nitrogen and oxygen atoms in total. The number of hydrogen-bond donors (Lipinski definition) is 1. The molecule has 5 heterocycles. The third-order valence-electron chi connectivity index (χ3n) is 5.66. The molecule has 6 rings (SSSR count). The molecule has 1 atom stereocenters. The van der Waals surface area contributed by atoms with E-state index in [9.17, 15) is 4.39 Å². The number of hydroxylamine groups is 1. The highest BCUT2D eigenvalue weighted by molar-refractivity contribution is 6.31. The smallest absolute Gasteiger partial charge is 0.154 e. The molecule has 4 fully saturated rings. The Bertz CT molecular complexity index is 881. The highest BCUT2D eigenvalue weighted by Crippen LogP contribution is 2.42. The van der Waals surface area contributed by atoms with Crippen LogP contribution in [-0.2, 0) is 4.84 Å². The van der Waals surface area contributed by atoms with Gasteiger partial charge in [-0.3, -0.25) is 10.3 Å². The summed E-state index contributed by atoms with van der Waals surface area (Å²) in [5, 5.41) is 1.62. The number of halogens is 2. The number of amidine groups is 1. The molecule has 1 aromatic carbocycles. The lowest BCUT2D eigenvalue weighted by Gasteiger charge is -2.49. The van der Waals surface area contributed by atoms with Gasteiger partial charge in [-0.2, -0.15) is 0 Å². The van der Waals surface area contributed by atoms with E-state index < -0.39 is 5.82 Å². The van der Waals surface area contributed by atoms with Crippen molar-refractivity contribution >= 4 is 34.0 Å². The Morgan fingerprint density at radius 2 is 2.12 bits per heavy atom. The van der Waals surface area contributed by atoms with Gasteiger partial charge in [0.25, 0.3) is 0 Å². The lowest BCUT2D eigenvalue weighted by molar-refractivity contribution is -0.150. The molecule has 4 aliphatic rings. The zero-order valence-electron chi connectivity index (χ0n) is 13.6. The van der Waals surface area contributed by atoms with Crippen molar-refractivity contribution in [2.75, 3.05) is 19.6 Å². The number of hydrogen-bond acceptors (Lipinski definition) is 4. The summed E-state index contributed by atoms with van der Waals surface area (Å²) in [5.74, 6) is 1.47. The van der Waals surface area contributed by atoms with Crippen LogP contribution in [0.5, 0.6) is 0 Å². The fourth-order valence-electron chi connectivity index (χ4n) is 4.34. The highest BCUT2D eigenvalue weighted by Gasteiger charge is 2.52. The van der Waals surface area contributed by atoms with Gasteiger partial charge in [-0.1, -0.05) is 11.6 Å². The minimum atomic E-state index is -0.437. The number of aromatic nitrogens is 1. The lowest BCUT2D eigenvalue weighted by Crippen LogP contribution is -2.59. The number of benzene rings is 1. The van der Waals surface area contributed by atoms with Gasteiger partial charge in [0, 0.05) is 24.5 Å². The van der Waals surface area contributed by atoms with Gasteiger partial charge in [0.2, 0.25) is 0 Å². The number of rotatable bonds is 1. The van der Waals surface area contributed by atoms with E-state index in [1.54, 1.807) is 18.3 Å². The maximum atomic E-state index is 13.7. The summed E-state index contributed by atoms with van der Waals surface area (Å²) in [6.07, 6.45) is 4.80. The summed E-state index contributed by atoms with van der Waals surface area (Å²) >= 11 is 5.82. The molecule has 1 spiro atoms. The van der Waals surface area contributed by atoms with Crippen molar-refractivity contribution in [3.8, 4) is 0 Å². The maximum absolute atomic E-state index is 13.7. The molecule has 1 aromatic heterocycles. The van der Waals surface area contributed by atoms with Crippen molar-refractivity contribution in [1.29, 1.82) is 0 Å². The third kappa shape index (κ3) is 2.60. The van der Waals surface area contributed by atoms with Gasteiger partial charge in [-0.15, -0.1) is 0 Å². The van der Waals surface area contributed by atoms with E-state index in [0.29, 0.717) is 11.7 Å². The second kappa shape index (κ2) is 5.62. The van der Waals surface area contributed by atoms with Gasteiger partial charge >= 0.3 is 0 Å². The second-order valence-electron chi connectivity index (χ2n) is 7.21. The Kier molecular flexibility index (Phi) is 3.48. The zero-order chi connectivity index (χ0) is 17.0. The molecular formula is C18H18ClFN4O. The lowest BCUT2D eigenvalue weighted by atomic mass is 9.74. The average molecular weight is 361 g/mol. The molecule has 2 bridgehead atoms. The van der Waals surface area contributed by atoms with Crippen LogP contribution in [0.4, 0.5) is 10.2 Å². The van der Waals surface area contributed by atoms with E-state index in [1.807, 2.05) is 0 Å². The molecule has 0 unspecified atom stereocenters. The van der Waals surface area contributed by atoms with Crippen LogP contribution >= 0.6 is 11.6 Å². The first-order valence-electron chi connectivity index (χ1n) is 8.60. The summed E-state index contributed by atoms with van der Waals surface area (Å²) in [6, 6.07) is 4.76. The first-order valence-corrected chi connectivity index (χ1v) is 8.98. The van der Waals surface area contributed by atoms with Gasteiger partial charge < -0.3 is 4.90 Å². The zero-order valence-corrected chi connectivity index (χ0v) is 14.4. The van der Waals surface area contributed by atoms with E-state index >= 15 is 0 Å². The van der Waals surface area contributed by atoms with Crippen molar-refractivity contribution < 1.29 is 9.23 Å². The van der Waals surface area contributed by atoms with Crippen molar-refractivity contribution in [3.63, 3.8) is 0 Å². The van der Waals surface area contributed by atoms with Crippen LogP contribution < -0.4 is 5.48 Å². The van der Waals surface area contributed by atoms with Crippen molar-refractivity contribution in [3.05, 3.63) is 35.2 Å². The fourth-order valence-corrected chi connectivity index (χ4v) is 4.52. The van der Waals surface area contributed by atoms with E-state index in [2.05, 4.69) is 20.4 Å². The summed E-state index contributed by atoms with van der Waals surface area (Å²) in [4.78, 5) is 17.4. The van der Waals surface area contributed by atoms with Gasteiger partial charge in [0.15, 0.2) is 5.82 Å². The molecule has 4 saturated heterocycles. The van der Waals surface area contributed by atoms with Gasteiger partial charge in [-0.05, 0) is 55.4 Å². The molecule has 4 aliphatic heterocycles. The van der Waals surface area contributed by atoms with E-state index in [4.69, 9.17) is 16.4 Å². The van der Waals surface area contributed by atoms with Crippen LogP contribution in [0.2, 0.25) is 5.02 Å². The molecule has 25 heavy (non-hydrogen) atoms. The minimum Gasteiger partial charge on any atom is -0.300 e. The number of aliphatic imine (C=N–C) groups is 1. The van der Waals surface area contributed by atoms with Crippen LogP contribution in [0, 0.1) is 11.7 Å². The predicted octanol–water partition coefficient (Wildman–Crippen LogP) is 3.45. The van der Waals surface area contributed by atoms with Gasteiger partial charge in [0.1, 0.15) is 17.3 Å².